The van der Waals surface area contributed by atoms with Crippen molar-refractivity contribution in [3.8, 4) is 28.8 Å². The first-order valence-corrected chi connectivity index (χ1v) is 14.0. The van der Waals surface area contributed by atoms with Crippen LogP contribution in [0, 0.1) is 18.3 Å². The number of para-hydroxylation sites is 1. The van der Waals surface area contributed by atoms with Crippen LogP contribution in [0.3, 0.4) is 0 Å². The van der Waals surface area contributed by atoms with Gasteiger partial charge < -0.3 is 4.74 Å². The summed E-state index contributed by atoms with van der Waals surface area (Å²) in [5.74, 6) is -0.174. The summed E-state index contributed by atoms with van der Waals surface area (Å²) >= 11 is 0. The molecule has 0 atom stereocenters. The summed E-state index contributed by atoms with van der Waals surface area (Å²) in [5.41, 5.74) is 5.70. The second-order valence-electron chi connectivity index (χ2n) is 10.2. The van der Waals surface area contributed by atoms with E-state index in [1.165, 1.54) is 4.90 Å². The Morgan fingerprint density at radius 2 is 1.67 bits per heavy atom. The molecule has 0 bridgehead atoms. The maximum absolute atomic E-state index is 13.8. The molecule has 42 heavy (non-hydrogen) atoms. The molecular weight excluding hydrogens is 524 g/mol. The Kier molecular flexibility index (Phi) is 8.44. The number of rotatable bonds is 9. The number of ether oxygens (including phenoxy) is 1. The molecule has 2 amide bonds. The van der Waals surface area contributed by atoms with Gasteiger partial charge in [0.05, 0.1) is 18.0 Å². The molecule has 0 radical (unpaired) electrons. The summed E-state index contributed by atoms with van der Waals surface area (Å²) in [6.07, 6.45) is 5.02. The smallest absolute Gasteiger partial charge is 0.271 e. The number of carbonyl (C=O) groups excluding carboxylic acids is 2. The van der Waals surface area contributed by atoms with Gasteiger partial charge in [-0.15, -0.1) is 0 Å². The molecule has 4 aromatic rings. The van der Waals surface area contributed by atoms with Gasteiger partial charge in [0.2, 0.25) is 0 Å². The lowest BCUT2D eigenvalue weighted by Crippen LogP contribution is -2.43. The third-order valence-corrected chi connectivity index (χ3v) is 7.27. The van der Waals surface area contributed by atoms with Gasteiger partial charge in [0, 0.05) is 29.4 Å². The average Bonchev–Trinajstić information content (AvgIpc) is 3.44. The minimum absolute atomic E-state index is 0.0285. The van der Waals surface area contributed by atoms with Crippen LogP contribution in [0.25, 0.3) is 23.0 Å². The first-order valence-electron chi connectivity index (χ1n) is 14.0. The number of aromatic nitrogens is 2. The lowest BCUT2D eigenvalue weighted by molar-refractivity contribution is -0.140. The minimum Gasteiger partial charge on any atom is -0.493 e. The first kappa shape index (κ1) is 28.3. The van der Waals surface area contributed by atoms with Crippen LogP contribution in [-0.4, -0.2) is 39.6 Å². The molecule has 1 aliphatic rings. The summed E-state index contributed by atoms with van der Waals surface area (Å²) in [7, 11) is 0. The number of aryl methyl sites for hydroxylation is 1. The maximum atomic E-state index is 13.8. The molecule has 0 N–H and O–H groups in total. The van der Waals surface area contributed by atoms with E-state index in [9.17, 15) is 14.9 Å². The van der Waals surface area contributed by atoms with E-state index in [1.54, 1.807) is 17.7 Å². The monoisotopic (exact) mass is 556 g/mol. The molecule has 0 saturated heterocycles. The van der Waals surface area contributed by atoms with Gasteiger partial charge in [-0.3, -0.25) is 14.5 Å². The summed E-state index contributed by atoms with van der Waals surface area (Å²) in [6, 6.07) is 27.3. The second-order valence-corrected chi connectivity index (χ2v) is 10.2. The predicted octanol–water partition coefficient (Wildman–Crippen LogP) is 6.47. The van der Waals surface area contributed by atoms with Crippen LogP contribution in [0.1, 0.15) is 37.0 Å². The van der Waals surface area contributed by atoms with Crippen LogP contribution in [0.15, 0.2) is 102 Å². The first-order chi connectivity index (χ1) is 20.4. The number of nitrogens with zero attached hydrogens (tertiary/aromatic N) is 4. The van der Waals surface area contributed by atoms with Crippen LogP contribution in [0.5, 0.6) is 5.75 Å². The van der Waals surface area contributed by atoms with Gasteiger partial charge in [0.15, 0.2) is 0 Å². The zero-order chi connectivity index (χ0) is 29.6. The molecule has 2 heterocycles. The third kappa shape index (κ3) is 5.79. The molecule has 0 saturated carbocycles. The largest absolute Gasteiger partial charge is 0.493 e. The third-order valence-electron chi connectivity index (χ3n) is 7.27. The summed E-state index contributed by atoms with van der Waals surface area (Å²) < 4.78 is 7.65. The number of hydrogen-bond acceptors (Lipinski definition) is 5. The lowest BCUT2D eigenvalue weighted by atomic mass is 9.93. The van der Waals surface area contributed by atoms with Crippen molar-refractivity contribution in [3.63, 3.8) is 0 Å². The van der Waals surface area contributed by atoms with E-state index in [-0.39, 0.29) is 12.1 Å². The minimum atomic E-state index is -0.563. The highest BCUT2D eigenvalue weighted by Crippen LogP contribution is 2.33. The van der Waals surface area contributed by atoms with Crippen LogP contribution in [0.2, 0.25) is 0 Å². The topological polar surface area (TPSA) is 88.2 Å². The van der Waals surface area contributed by atoms with Gasteiger partial charge >= 0.3 is 0 Å². The van der Waals surface area contributed by atoms with E-state index in [0.29, 0.717) is 35.4 Å². The molecule has 3 aromatic carbocycles. The van der Waals surface area contributed by atoms with Crippen molar-refractivity contribution in [2.45, 2.75) is 33.6 Å². The number of imide groups is 1. The summed E-state index contributed by atoms with van der Waals surface area (Å²) in [5, 5.41) is 14.8. The molecule has 0 fully saturated rings. The molecule has 1 aromatic heterocycles. The Labute approximate surface area is 246 Å². The zero-order valence-corrected chi connectivity index (χ0v) is 24.0. The van der Waals surface area contributed by atoms with E-state index in [0.717, 1.165) is 34.5 Å². The molecular formula is C35H32N4O3. The van der Waals surface area contributed by atoms with Gasteiger partial charge in [-0.1, -0.05) is 55.5 Å². The van der Waals surface area contributed by atoms with Crippen LogP contribution in [-0.2, 0) is 16.0 Å². The van der Waals surface area contributed by atoms with E-state index in [2.05, 4.69) is 6.92 Å². The molecule has 5 rings (SSSR count). The number of hydrogen-bond donors (Lipinski definition) is 0. The van der Waals surface area contributed by atoms with E-state index < -0.39 is 11.8 Å². The Hall–Kier alpha value is -5.22. The zero-order valence-electron chi connectivity index (χ0n) is 24.0. The SMILES string of the molecule is CCCOc1ccc(-c2nn(-c3ccccc3)cc2/C=C2/C(=O)N(CCc3ccccc3)C(=O)C(C#N)=C2C)cc1C. The normalized spacial score (nSPS) is 14.4. The highest BCUT2D eigenvalue weighted by atomic mass is 16.5. The highest BCUT2D eigenvalue weighted by molar-refractivity contribution is 6.19. The second kappa shape index (κ2) is 12.5. The van der Waals surface area contributed by atoms with Gasteiger partial charge in [0.1, 0.15) is 17.4 Å². The number of amides is 2. The number of carbonyl (C=O) groups is 2. The lowest BCUT2D eigenvalue weighted by Gasteiger charge is -2.27. The van der Waals surface area contributed by atoms with Crippen molar-refractivity contribution >= 4 is 17.9 Å². The summed E-state index contributed by atoms with van der Waals surface area (Å²) in [4.78, 5) is 28.2. The molecule has 0 aliphatic carbocycles. The Morgan fingerprint density at radius 3 is 2.33 bits per heavy atom. The quantitative estimate of drug-likeness (QED) is 0.174. The maximum Gasteiger partial charge on any atom is 0.271 e. The van der Waals surface area contributed by atoms with Crippen molar-refractivity contribution in [2.24, 2.45) is 0 Å². The fourth-order valence-corrected chi connectivity index (χ4v) is 4.97. The van der Waals surface area contributed by atoms with Gasteiger partial charge in [-0.25, -0.2) is 4.68 Å². The van der Waals surface area contributed by atoms with Gasteiger partial charge in [-0.05, 0) is 79.8 Å². The van der Waals surface area contributed by atoms with E-state index in [4.69, 9.17) is 9.84 Å². The fraction of sp³-hybridized carbons (Fsp3) is 0.200. The predicted molar refractivity (Wildman–Crippen MR) is 163 cm³/mol. The van der Waals surface area contributed by atoms with Gasteiger partial charge in [0.25, 0.3) is 11.8 Å². The van der Waals surface area contributed by atoms with E-state index in [1.807, 2.05) is 98.1 Å². The average molecular weight is 557 g/mol. The molecule has 0 unspecified atom stereocenters. The van der Waals surface area contributed by atoms with Crippen molar-refractivity contribution in [1.29, 1.82) is 5.26 Å². The number of nitriles is 1. The Balaban J connectivity index is 1.59. The molecule has 210 valence electrons. The van der Waals surface area contributed by atoms with Crippen molar-refractivity contribution < 1.29 is 14.3 Å². The Morgan fingerprint density at radius 1 is 0.952 bits per heavy atom. The molecule has 7 heteroatoms. The summed E-state index contributed by atoms with van der Waals surface area (Å²) in [6.45, 7) is 6.52. The highest BCUT2D eigenvalue weighted by Gasteiger charge is 2.35. The van der Waals surface area contributed by atoms with Crippen LogP contribution < -0.4 is 4.74 Å². The van der Waals surface area contributed by atoms with Crippen molar-refractivity contribution in [1.82, 2.24) is 14.7 Å². The number of benzene rings is 3. The van der Waals surface area contributed by atoms with Crippen LogP contribution in [0.4, 0.5) is 0 Å². The Bertz CT molecular complexity index is 1730. The van der Waals surface area contributed by atoms with Gasteiger partial charge in [-0.2, -0.15) is 10.4 Å². The molecule has 7 nitrogen and oxygen atoms in total. The standard InChI is InChI=1S/C35H32N4O3/c1-4-19-42-32-16-15-27(20-24(32)2)33-28(23-39(37-33)29-13-9-6-10-14-29)21-30-25(3)31(22-36)35(41)38(34(30)40)18-17-26-11-7-5-8-12-26/h5-16,20-21,23H,4,17-19H2,1-3H3/b30-21+. The van der Waals surface area contributed by atoms with Crippen molar-refractivity contribution in [2.75, 3.05) is 13.2 Å². The van der Waals surface area contributed by atoms with Crippen LogP contribution >= 0.6 is 0 Å². The van der Waals surface area contributed by atoms with E-state index >= 15 is 0 Å². The van der Waals surface area contributed by atoms with Crippen molar-refractivity contribution in [3.05, 3.63) is 118 Å². The fourth-order valence-electron chi connectivity index (χ4n) is 4.97. The molecule has 0 spiro atoms. The molecule has 1 aliphatic heterocycles.